The van der Waals surface area contributed by atoms with Crippen molar-refractivity contribution < 1.29 is 32.5 Å². The van der Waals surface area contributed by atoms with E-state index < -0.39 is 58.7 Å². The van der Waals surface area contributed by atoms with Crippen molar-refractivity contribution in [1.82, 2.24) is 9.97 Å². The van der Waals surface area contributed by atoms with Gasteiger partial charge < -0.3 is 9.64 Å². The summed E-state index contributed by atoms with van der Waals surface area (Å²) in [7, 11) is 0. The normalized spacial score (nSPS) is 27.0. The fourth-order valence-corrected chi connectivity index (χ4v) is 3.93. The molecule has 3 heterocycles. The Morgan fingerprint density at radius 3 is 2.68 bits per heavy atom. The molecular weight excluding hydrogens is 412 g/mol. The van der Waals surface area contributed by atoms with Crippen molar-refractivity contribution in [3.05, 3.63) is 52.2 Å². The van der Waals surface area contributed by atoms with Crippen molar-refractivity contribution in [2.45, 2.75) is 30.5 Å². The summed E-state index contributed by atoms with van der Waals surface area (Å²) in [5.74, 6) is -5.26. The fraction of sp³-hybridized carbons (Fsp3) is 0.412. The third kappa shape index (κ3) is 2.81. The molecule has 28 heavy (non-hydrogen) atoms. The Balaban J connectivity index is 1.89. The molecule has 0 N–H and O–H groups in total. The minimum Gasteiger partial charge on any atom is -0.358 e. The summed E-state index contributed by atoms with van der Waals surface area (Å²) < 4.78 is 95.6. The van der Waals surface area contributed by atoms with Crippen LogP contribution in [0.3, 0.4) is 0 Å². The first-order valence-corrected chi connectivity index (χ1v) is 8.44. The predicted molar refractivity (Wildman–Crippen MR) is 86.5 cm³/mol. The first-order chi connectivity index (χ1) is 13.5. The zero-order valence-corrected chi connectivity index (χ0v) is 14.7. The van der Waals surface area contributed by atoms with Crippen molar-refractivity contribution in [3.63, 3.8) is 0 Å². The van der Waals surface area contributed by atoms with Crippen LogP contribution in [-0.2, 0) is 22.4 Å². The second-order valence-corrected chi connectivity index (χ2v) is 6.93. The van der Waals surface area contributed by atoms with Crippen LogP contribution in [-0.4, -0.2) is 23.3 Å². The minimum atomic E-state index is -4.81. The van der Waals surface area contributed by atoms with Gasteiger partial charge >= 0.3 is 6.18 Å². The number of halogens is 7. The highest BCUT2D eigenvalue weighted by Crippen LogP contribution is 2.53. The largest absolute Gasteiger partial charge is 0.417 e. The van der Waals surface area contributed by atoms with E-state index >= 15 is 0 Å². The number of aromatic nitrogens is 2. The molecule has 0 amide bonds. The summed E-state index contributed by atoms with van der Waals surface area (Å²) >= 11 is 5.91. The Bertz CT molecular complexity index is 975. The molecule has 11 heteroatoms. The van der Waals surface area contributed by atoms with Crippen LogP contribution in [0.4, 0.5) is 32.2 Å². The quantitative estimate of drug-likeness (QED) is 0.484. The first-order valence-electron chi connectivity index (χ1n) is 8.64. The van der Waals surface area contributed by atoms with E-state index in [0.717, 1.165) is 4.90 Å². The van der Waals surface area contributed by atoms with Crippen molar-refractivity contribution in [3.8, 4) is 0 Å². The topological polar surface area (TPSA) is 38.2 Å². The number of pyridine rings is 2. The van der Waals surface area contributed by atoms with E-state index in [1.54, 1.807) is 0 Å². The zero-order valence-electron chi connectivity index (χ0n) is 14.9. The highest BCUT2D eigenvalue weighted by Gasteiger charge is 2.55. The molecule has 1 aliphatic heterocycles. The minimum absolute atomic E-state index is 0.0235. The number of fused-ring (bicyclic) bond motifs is 2. The molecule has 4 nitrogen and oxygen atoms in total. The third-order valence-electron chi connectivity index (χ3n) is 4.96. The summed E-state index contributed by atoms with van der Waals surface area (Å²) in [6.45, 7) is -1.84. The van der Waals surface area contributed by atoms with E-state index in [1.165, 1.54) is 12.3 Å². The van der Waals surface area contributed by atoms with Crippen LogP contribution in [0.1, 0.15) is 30.9 Å². The van der Waals surface area contributed by atoms with Crippen molar-refractivity contribution in [1.29, 1.82) is 0 Å². The molecule has 1 spiro atoms. The second-order valence-electron chi connectivity index (χ2n) is 6.57. The van der Waals surface area contributed by atoms with E-state index in [9.17, 15) is 26.3 Å². The van der Waals surface area contributed by atoms with E-state index in [4.69, 9.17) is 17.7 Å². The highest BCUT2D eigenvalue weighted by atomic mass is 35.5. The second kappa shape index (κ2) is 6.21. The Hall–Kier alpha value is -2.07. The molecule has 0 aromatic carbocycles. The van der Waals surface area contributed by atoms with Crippen LogP contribution in [0.15, 0.2) is 24.5 Å². The molecule has 4 rings (SSSR count). The Kier molecular flexibility index (Phi) is 3.99. The molecule has 2 aromatic rings. The lowest BCUT2D eigenvalue weighted by molar-refractivity contribution is -0.138. The van der Waals surface area contributed by atoms with Crippen molar-refractivity contribution >= 4 is 17.4 Å². The smallest absolute Gasteiger partial charge is 0.358 e. The Labute approximate surface area is 161 Å². The molecule has 2 aromatic heterocycles. The van der Waals surface area contributed by atoms with Gasteiger partial charge in [-0.15, -0.1) is 0 Å². The zero-order chi connectivity index (χ0) is 21.2. The maximum absolute atomic E-state index is 14.6. The maximum Gasteiger partial charge on any atom is 0.417 e. The van der Waals surface area contributed by atoms with Gasteiger partial charge in [0.05, 0.1) is 24.6 Å². The Morgan fingerprint density at radius 2 is 2.00 bits per heavy atom. The molecular formula is C17H12ClF6N3O. The van der Waals surface area contributed by atoms with Crippen LogP contribution in [0.2, 0.25) is 5.15 Å². The standard InChI is InChI=1S/C17H12ClF6N3O/c18-13-12-10(1-4-25-13)15(2-3-16(12,20)21)7-28-8-27(15)14-11(19)5-9(6-26-14)17(22,23)24/h1,4-6H,2-3,7-8H2/i8D/t8-,15?/m0/s1. The molecule has 2 atom stereocenters. The van der Waals surface area contributed by atoms with E-state index in [0.29, 0.717) is 6.20 Å². The van der Waals surface area contributed by atoms with Crippen LogP contribution >= 0.6 is 11.6 Å². The number of ether oxygens (including phenoxy) is 1. The van der Waals surface area contributed by atoms with Crippen LogP contribution in [0, 0.1) is 5.82 Å². The third-order valence-corrected chi connectivity index (χ3v) is 5.25. The molecule has 1 unspecified atom stereocenters. The lowest BCUT2D eigenvalue weighted by atomic mass is 9.75. The van der Waals surface area contributed by atoms with Gasteiger partial charge in [0.2, 0.25) is 0 Å². The van der Waals surface area contributed by atoms with E-state index in [2.05, 4.69) is 9.97 Å². The van der Waals surface area contributed by atoms with Gasteiger partial charge in [-0.2, -0.15) is 13.2 Å². The van der Waals surface area contributed by atoms with Gasteiger partial charge in [-0.3, -0.25) is 0 Å². The van der Waals surface area contributed by atoms with Crippen LogP contribution in [0.25, 0.3) is 0 Å². The van der Waals surface area contributed by atoms with Crippen molar-refractivity contribution in [2.24, 2.45) is 0 Å². The van der Waals surface area contributed by atoms with Gasteiger partial charge in [0, 0.05) is 18.8 Å². The summed E-state index contributed by atoms with van der Waals surface area (Å²) in [4.78, 5) is 8.21. The number of rotatable bonds is 1. The fourth-order valence-electron chi connectivity index (χ4n) is 3.63. The highest BCUT2D eigenvalue weighted by molar-refractivity contribution is 6.30. The van der Waals surface area contributed by atoms with Crippen molar-refractivity contribution in [2.75, 3.05) is 18.2 Å². The molecule has 1 aliphatic carbocycles. The summed E-state index contributed by atoms with van der Waals surface area (Å²) in [6, 6.07) is 1.52. The Morgan fingerprint density at radius 1 is 1.25 bits per heavy atom. The molecule has 0 saturated carbocycles. The summed E-state index contributed by atoms with van der Waals surface area (Å²) in [5.41, 5.74) is -3.35. The van der Waals surface area contributed by atoms with Gasteiger partial charge in [-0.25, -0.2) is 23.1 Å². The van der Waals surface area contributed by atoms with Crippen LogP contribution < -0.4 is 4.90 Å². The van der Waals surface area contributed by atoms with E-state index in [-0.39, 0.29) is 24.7 Å². The molecule has 0 radical (unpaired) electrons. The molecule has 0 bridgehead atoms. The maximum atomic E-state index is 14.6. The summed E-state index contributed by atoms with van der Waals surface area (Å²) in [5, 5.41) is -0.444. The van der Waals surface area contributed by atoms with Gasteiger partial charge in [0.25, 0.3) is 5.92 Å². The first kappa shape index (κ1) is 18.0. The number of alkyl halides is 5. The average Bonchev–Trinajstić information content (AvgIpc) is 2.95. The van der Waals surface area contributed by atoms with E-state index in [1.807, 2.05) is 0 Å². The van der Waals surface area contributed by atoms with Gasteiger partial charge in [-0.05, 0) is 24.1 Å². The van der Waals surface area contributed by atoms with Gasteiger partial charge in [0.15, 0.2) is 11.6 Å². The lowest BCUT2D eigenvalue weighted by Crippen LogP contribution is -2.49. The average molecular weight is 425 g/mol. The SMILES string of the molecule is [2H][C@@H]1OCC2(CCC(F)(F)c3c2ccnc3Cl)N1c1ncc(C(F)(F)F)cc1F. The van der Waals surface area contributed by atoms with Crippen LogP contribution in [0.5, 0.6) is 0 Å². The molecule has 1 fully saturated rings. The van der Waals surface area contributed by atoms with Gasteiger partial charge in [0.1, 0.15) is 11.9 Å². The monoisotopic (exact) mass is 424 g/mol. The lowest BCUT2D eigenvalue weighted by Gasteiger charge is -2.44. The molecule has 150 valence electrons. The number of nitrogens with zero attached hydrogens (tertiary/aromatic N) is 3. The van der Waals surface area contributed by atoms with Gasteiger partial charge in [-0.1, -0.05) is 11.6 Å². The predicted octanol–water partition coefficient (Wildman–Crippen LogP) is 4.86. The molecule has 2 aliphatic rings. The number of anilines is 1. The number of hydrogen-bond donors (Lipinski definition) is 0. The molecule has 1 saturated heterocycles. The number of hydrogen-bond acceptors (Lipinski definition) is 4. The summed E-state index contributed by atoms with van der Waals surface area (Å²) in [6.07, 6.45) is -4.15.